The van der Waals surface area contributed by atoms with E-state index in [0.29, 0.717) is 17.9 Å². The zero-order valence-electron chi connectivity index (χ0n) is 19.9. The molecule has 7 heteroatoms. The monoisotopic (exact) mass is 474 g/mol. The van der Waals surface area contributed by atoms with Crippen LogP contribution in [-0.2, 0) is 16.0 Å². The molecular formula is C28H30N2O5. The smallest absolute Gasteiger partial charge is 0.407 e. The number of carbonyl (C=O) groups excluding carboxylic acids is 1. The second-order valence-corrected chi connectivity index (χ2v) is 8.82. The number of carboxylic acids is 1. The van der Waals surface area contributed by atoms with Crippen LogP contribution < -0.4 is 10.1 Å². The number of ether oxygens (including phenoxy) is 2. The summed E-state index contributed by atoms with van der Waals surface area (Å²) in [5, 5.41) is 12.3. The Morgan fingerprint density at radius 3 is 2.17 bits per heavy atom. The Kier molecular flexibility index (Phi) is 7.67. The molecule has 0 saturated heterocycles. The highest BCUT2D eigenvalue weighted by molar-refractivity contribution is 5.81. The zero-order valence-corrected chi connectivity index (χ0v) is 19.9. The van der Waals surface area contributed by atoms with Crippen molar-refractivity contribution in [3.8, 4) is 16.9 Å². The van der Waals surface area contributed by atoms with Crippen molar-refractivity contribution in [2.24, 2.45) is 0 Å². The topological polar surface area (TPSA) is 88.1 Å². The number of aliphatic carboxylic acids is 1. The third-order valence-corrected chi connectivity index (χ3v) is 6.13. The van der Waals surface area contributed by atoms with Crippen LogP contribution in [0.15, 0.2) is 72.8 Å². The molecule has 7 nitrogen and oxygen atoms in total. The summed E-state index contributed by atoms with van der Waals surface area (Å²) in [6, 6.07) is 22.2. The molecule has 4 rings (SSSR count). The van der Waals surface area contributed by atoms with Crippen molar-refractivity contribution in [3.63, 3.8) is 0 Å². The molecular weight excluding hydrogens is 444 g/mol. The number of alkyl carbamates (subject to hydrolysis) is 1. The predicted octanol–water partition coefficient (Wildman–Crippen LogP) is 4.16. The van der Waals surface area contributed by atoms with E-state index < -0.39 is 18.1 Å². The van der Waals surface area contributed by atoms with Gasteiger partial charge in [-0.3, -0.25) is 0 Å². The molecule has 0 bridgehead atoms. The summed E-state index contributed by atoms with van der Waals surface area (Å²) in [6.45, 7) is 1.33. The van der Waals surface area contributed by atoms with Gasteiger partial charge in [-0.25, -0.2) is 9.59 Å². The first-order valence-electron chi connectivity index (χ1n) is 11.6. The van der Waals surface area contributed by atoms with Gasteiger partial charge >= 0.3 is 12.1 Å². The van der Waals surface area contributed by atoms with E-state index in [9.17, 15) is 14.7 Å². The molecule has 1 unspecified atom stereocenters. The Labute approximate surface area is 205 Å². The Balaban J connectivity index is 1.40. The molecule has 0 aliphatic heterocycles. The van der Waals surface area contributed by atoms with Gasteiger partial charge in [-0.05, 0) is 48.0 Å². The summed E-state index contributed by atoms with van der Waals surface area (Å²) in [7, 11) is 3.90. The molecule has 0 saturated carbocycles. The maximum atomic E-state index is 12.6. The van der Waals surface area contributed by atoms with E-state index >= 15 is 0 Å². The molecule has 1 aliphatic carbocycles. The minimum atomic E-state index is -1.15. The maximum absolute atomic E-state index is 12.6. The Morgan fingerprint density at radius 1 is 0.943 bits per heavy atom. The average molecular weight is 475 g/mol. The normalized spacial score (nSPS) is 13.1. The summed E-state index contributed by atoms with van der Waals surface area (Å²) < 4.78 is 11.4. The lowest BCUT2D eigenvalue weighted by atomic mass is 9.98. The average Bonchev–Trinajstić information content (AvgIpc) is 3.17. The van der Waals surface area contributed by atoms with Gasteiger partial charge in [0.05, 0.1) is 0 Å². The van der Waals surface area contributed by atoms with Crippen LogP contribution in [0, 0.1) is 0 Å². The number of amides is 1. The standard InChI is InChI=1S/C28H30N2O5/c1-30(2)15-16-34-26-14-8-3-9-19(26)17-25(27(31)32)29-28(33)35-18-24-22-12-6-4-10-20(22)21-11-5-7-13-23(21)24/h3-14,24-25H,15-18H2,1-2H3,(H,29,33)(H,31,32). The van der Waals surface area contributed by atoms with Crippen LogP contribution >= 0.6 is 0 Å². The van der Waals surface area contributed by atoms with Crippen molar-refractivity contribution in [3.05, 3.63) is 89.5 Å². The van der Waals surface area contributed by atoms with Crippen molar-refractivity contribution in [2.75, 3.05) is 33.9 Å². The van der Waals surface area contributed by atoms with E-state index in [-0.39, 0.29) is 18.9 Å². The van der Waals surface area contributed by atoms with Gasteiger partial charge in [0.1, 0.15) is 25.0 Å². The van der Waals surface area contributed by atoms with Crippen molar-refractivity contribution < 1.29 is 24.2 Å². The quantitative estimate of drug-likeness (QED) is 0.459. The van der Waals surface area contributed by atoms with Gasteiger partial charge < -0.3 is 24.8 Å². The molecule has 0 heterocycles. The number of para-hydroxylation sites is 1. The molecule has 0 fully saturated rings. The second-order valence-electron chi connectivity index (χ2n) is 8.82. The molecule has 2 N–H and O–H groups in total. The van der Waals surface area contributed by atoms with Gasteiger partial charge in [0.2, 0.25) is 0 Å². The highest BCUT2D eigenvalue weighted by atomic mass is 16.5. The fourth-order valence-corrected chi connectivity index (χ4v) is 4.35. The molecule has 0 aromatic heterocycles. The number of carboxylic acid groups (broad SMARTS) is 1. The molecule has 1 amide bonds. The zero-order chi connectivity index (χ0) is 24.8. The highest BCUT2D eigenvalue weighted by Gasteiger charge is 2.30. The fraction of sp³-hybridized carbons (Fsp3) is 0.286. The van der Waals surface area contributed by atoms with Crippen LogP contribution in [0.25, 0.3) is 11.1 Å². The molecule has 182 valence electrons. The van der Waals surface area contributed by atoms with Gasteiger partial charge in [-0.1, -0.05) is 66.7 Å². The first-order chi connectivity index (χ1) is 16.9. The summed E-state index contributed by atoms with van der Waals surface area (Å²) in [5.74, 6) is -0.626. The fourth-order valence-electron chi connectivity index (χ4n) is 4.35. The number of hydrogen-bond acceptors (Lipinski definition) is 5. The number of nitrogens with zero attached hydrogens (tertiary/aromatic N) is 1. The van der Waals surface area contributed by atoms with Gasteiger partial charge in [0, 0.05) is 18.9 Å². The van der Waals surface area contributed by atoms with E-state index in [1.54, 1.807) is 12.1 Å². The van der Waals surface area contributed by atoms with Crippen molar-refractivity contribution in [2.45, 2.75) is 18.4 Å². The number of hydrogen-bond donors (Lipinski definition) is 2. The molecule has 35 heavy (non-hydrogen) atoms. The van der Waals surface area contributed by atoms with E-state index in [1.165, 1.54) is 0 Å². The third-order valence-electron chi connectivity index (χ3n) is 6.13. The molecule has 0 spiro atoms. The lowest BCUT2D eigenvalue weighted by Crippen LogP contribution is -2.43. The summed E-state index contributed by atoms with van der Waals surface area (Å²) in [4.78, 5) is 26.6. The van der Waals surface area contributed by atoms with Crippen LogP contribution in [0.2, 0.25) is 0 Å². The number of nitrogens with one attached hydrogen (secondary N) is 1. The van der Waals surface area contributed by atoms with Gasteiger partial charge in [0.15, 0.2) is 0 Å². The van der Waals surface area contributed by atoms with Crippen LogP contribution in [-0.4, -0.2) is 62.0 Å². The molecule has 3 aromatic rings. The van der Waals surface area contributed by atoms with Crippen LogP contribution in [0.3, 0.4) is 0 Å². The third kappa shape index (κ3) is 5.81. The number of rotatable bonds is 10. The Morgan fingerprint density at radius 2 is 1.54 bits per heavy atom. The van der Waals surface area contributed by atoms with Gasteiger partial charge in [-0.15, -0.1) is 0 Å². The van der Waals surface area contributed by atoms with Crippen LogP contribution in [0.4, 0.5) is 4.79 Å². The summed E-state index contributed by atoms with van der Waals surface area (Å²) in [6.07, 6.45) is -0.678. The lowest BCUT2D eigenvalue weighted by Gasteiger charge is -2.19. The van der Waals surface area contributed by atoms with Crippen LogP contribution in [0.5, 0.6) is 5.75 Å². The van der Waals surface area contributed by atoms with E-state index in [4.69, 9.17) is 9.47 Å². The van der Waals surface area contributed by atoms with Gasteiger partial charge in [0.25, 0.3) is 0 Å². The van der Waals surface area contributed by atoms with Gasteiger partial charge in [-0.2, -0.15) is 0 Å². The summed E-state index contributed by atoms with van der Waals surface area (Å²) >= 11 is 0. The number of benzene rings is 3. The number of likely N-dealkylation sites (N-methyl/N-ethyl adjacent to an activating group) is 1. The minimum absolute atomic E-state index is 0.0810. The molecule has 0 radical (unpaired) electrons. The first-order valence-corrected chi connectivity index (χ1v) is 11.6. The van der Waals surface area contributed by atoms with Crippen molar-refractivity contribution in [1.82, 2.24) is 10.2 Å². The number of fused-ring (bicyclic) bond motifs is 3. The number of carbonyl (C=O) groups is 2. The van der Waals surface area contributed by atoms with E-state index in [1.807, 2.05) is 67.5 Å². The van der Waals surface area contributed by atoms with E-state index in [0.717, 1.165) is 28.8 Å². The molecule has 1 atom stereocenters. The summed E-state index contributed by atoms with van der Waals surface area (Å²) in [5.41, 5.74) is 5.16. The predicted molar refractivity (Wildman–Crippen MR) is 134 cm³/mol. The highest BCUT2D eigenvalue weighted by Crippen LogP contribution is 2.44. The van der Waals surface area contributed by atoms with Crippen molar-refractivity contribution in [1.29, 1.82) is 0 Å². The molecule has 1 aliphatic rings. The second kappa shape index (κ2) is 11.1. The Bertz CT molecular complexity index is 1150. The van der Waals surface area contributed by atoms with Crippen LogP contribution in [0.1, 0.15) is 22.6 Å². The minimum Gasteiger partial charge on any atom is -0.492 e. The first kappa shape index (κ1) is 24.3. The SMILES string of the molecule is CN(C)CCOc1ccccc1CC(NC(=O)OCC1c2ccccc2-c2ccccc21)C(=O)O. The van der Waals surface area contributed by atoms with E-state index in [2.05, 4.69) is 17.4 Å². The Hall–Kier alpha value is -3.84. The maximum Gasteiger partial charge on any atom is 0.407 e. The molecule has 3 aromatic carbocycles. The lowest BCUT2D eigenvalue weighted by molar-refractivity contribution is -0.139. The van der Waals surface area contributed by atoms with Crippen molar-refractivity contribution >= 4 is 12.1 Å². The largest absolute Gasteiger partial charge is 0.492 e.